The van der Waals surface area contributed by atoms with Crippen LogP contribution in [0.3, 0.4) is 0 Å². The van der Waals surface area contributed by atoms with Gasteiger partial charge in [-0.1, -0.05) is 24.8 Å². The van der Waals surface area contributed by atoms with E-state index in [1.807, 2.05) is 12.2 Å². The van der Waals surface area contributed by atoms with Crippen LogP contribution in [0.1, 0.15) is 38.5 Å². The van der Waals surface area contributed by atoms with Crippen molar-refractivity contribution in [1.29, 1.82) is 0 Å². The molecule has 0 saturated heterocycles. The molecular weight excluding hydrogens is 224 g/mol. The van der Waals surface area contributed by atoms with Gasteiger partial charge in [-0.2, -0.15) is 0 Å². The lowest BCUT2D eigenvalue weighted by Crippen LogP contribution is -2.33. The molecule has 1 N–H and O–H groups in total. The van der Waals surface area contributed by atoms with Gasteiger partial charge >= 0.3 is 0 Å². The van der Waals surface area contributed by atoms with E-state index in [4.69, 9.17) is 4.74 Å². The van der Waals surface area contributed by atoms with Crippen molar-refractivity contribution in [3.8, 4) is 0 Å². The number of ether oxygens (including phenoxy) is 1. The first-order valence-corrected chi connectivity index (χ1v) is 6.50. The second-order valence-corrected chi connectivity index (χ2v) is 4.34. The second-order valence-electron chi connectivity index (χ2n) is 4.34. The Labute approximate surface area is 111 Å². The van der Waals surface area contributed by atoms with Gasteiger partial charge in [0.05, 0.1) is 6.10 Å². The number of unbranched alkanes of at least 4 members (excludes halogenated alkanes) is 2. The van der Waals surface area contributed by atoms with E-state index in [-0.39, 0.29) is 6.10 Å². The van der Waals surface area contributed by atoms with Crippen molar-refractivity contribution >= 4 is 0 Å². The summed E-state index contributed by atoms with van der Waals surface area (Å²) >= 11 is 0. The maximum atomic E-state index is 10.3. The minimum atomic E-state index is -1.27. The van der Waals surface area contributed by atoms with Crippen molar-refractivity contribution in [1.82, 2.24) is 0 Å². The molecule has 0 saturated carbocycles. The Morgan fingerprint density at radius 2 is 1.67 bits per heavy atom. The molecule has 0 aliphatic heterocycles. The zero-order chi connectivity index (χ0) is 13.9. The fourth-order valence-electron chi connectivity index (χ4n) is 1.66. The molecule has 0 fully saturated rings. The molecule has 0 rings (SSSR count). The number of hydrogen-bond acceptors (Lipinski definition) is 2. The fraction of sp³-hybridized carbons (Fsp3) is 0.500. The molecule has 0 aromatic heterocycles. The predicted octanol–water partition coefficient (Wildman–Crippen LogP) is 4.14. The molecule has 2 unspecified atom stereocenters. The van der Waals surface area contributed by atoms with Gasteiger partial charge in [0.25, 0.3) is 0 Å². The van der Waals surface area contributed by atoms with Gasteiger partial charge in [0.2, 0.25) is 0 Å². The lowest BCUT2D eigenvalue weighted by Gasteiger charge is -2.28. The van der Waals surface area contributed by atoms with Gasteiger partial charge in [-0.05, 0) is 38.2 Å². The Morgan fingerprint density at radius 3 is 2.17 bits per heavy atom. The van der Waals surface area contributed by atoms with Crippen LogP contribution in [0.25, 0.3) is 0 Å². The molecule has 0 aliphatic carbocycles. The summed E-state index contributed by atoms with van der Waals surface area (Å²) in [6.45, 7) is 14.7. The zero-order valence-corrected chi connectivity index (χ0v) is 11.3. The highest BCUT2D eigenvalue weighted by molar-refractivity contribution is 4.92. The molecule has 2 atom stereocenters. The van der Waals surface area contributed by atoms with Gasteiger partial charge in [-0.25, -0.2) is 0 Å². The van der Waals surface area contributed by atoms with E-state index in [9.17, 15) is 5.11 Å². The summed E-state index contributed by atoms with van der Waals surface area (Å²) in [6, 6.07) is 0. The normalized spacial score (nSPS) is 15.4. The van der Waals surface area contributed by atoms with E-state index >= 15 is 0 Å². The summed E-state index contributed by atoms with van der Waals surface area (Å²) in [5, 5.41) is 10.3. The smallest absolute Gasteiger partial charge is 0.185 e. The van der Waals surface area contributed by atoms with E-state index in [1.165, 1.54) is 6.08 Å². The Morgan fingerprint density at radius 1 is 1.06 bits per heavy atom. The highest BCUT2D eigenvalue weighted by Gasteiger charge is 2.25. The molecule has 2 heteroatoms. The largest absolute Gasteiger partial charge is 0.362 e. The van der Waals surface area contributed by atoms with Gasteiger partial charge in [0, 0.05) is 6.42 Å². The maximum Gasteiger partial charge on any atom is 0.185 e. The Kier molecular flexibility index (Phi) is 9.25. The monoisotopic (exact) mass is 250 g/mol. The third kappa shape index (κ3) is 7.25. The summed E-state index contributed by atoms with van der Waals surface area (Å²) in [5.41, 5.74) is 0. The minimum absolute atomic E-state index is 0.156. The summed E-state index contributed by atoms with van der Waals surface area (Å²) in [7, 11) is 0. The van der Waals surface area contributed by atoms with E-state index < -0.39 is 5.79 Å². The first-order chi connectivity index (χ1) is 8.61. The van der Waals surface area contributed by atoms with Crippen LogP contribution in [0.4, 0.5) is 0 Å². The number of allylic oxidation sites excluding steroid dienone is 2. The second kappa shape index (κ2) is 9.86. The van der Waals surface area contributed by atoms with Crippen molar-refractivity contribution in [2.45, 2.75) is 50.4 Å². The highest BCUT2D eigenvalue weighted by Crippen LogP contribution is 2.22. The molecule has 0 aromatic rings. The predicted molar refractivity (Wildman–Crippen MR) is 78.3 cm³/mol. The SMILES string of the molecule is C=CCCCC(C=C)OC(O)(C=C)CCCC=C. The molecule has 0 aliphatic rings. The molecular formula is C16H26O2. The van der Waals surface area contributed by atoms with Crippen molar-refractivity contribution < 1.29 is 9.84 Å². The average Bonchev–Trinajstić information content (AvgIpc) is 2.38. The van der Waals surface area contributed by atoms with Gasteiger partial charge in [-0.3, -0.25) is 0 Å². The van der Waals surface area contributed by atoms with Crippen LogP contribution in [0.5, 0.6) is 0 Å². The van der Waals surface area contributed by atoms with E-state index in [0.29, 0.717) is 6.42 Å². The van der Waals surface area contributed by atoms with Gasteiger partial charge in [0.1, 0.15) is 0 Å². The minimum Gasteiger partial charge on any atom is -0.362 e. The number of aliphatic hydroxyl groups is 1. The zero-order valence-electron chi connectivity index (χ0n) is 11.3. The average molecular weight is 250 g/mol. The van der Waals surface area contributed by atoms with E-state index in [0.717, 1.165) is 32.1 Å². The molecule has 0 radical (unpaired) electrons. The van der Waals surface area contributed by atoms with Gasteiger partial charge in [-0.15, -0.1) is 19.7 Å². The Balaban J connectivity index is 4.26. The third-order valence-corrected chi connectivity index (χ3v) is 2.78. The molecule has 0 heterocycles. The highest BCUT2D eigenvalue weighted by atomic mass is 16.6. The summed E-state index contributed by atoms with van der Waals surface area (Å²) in [5.74, 6) is -1.27. The first-order valence-electron chi connectivity index (χ1n) is 6.50. The van der Waals surface area contributed by atoms with Crippen molar-refractivity contribution in [2.24, 2.45) is 0 Å². The summed E-state index contributed by atoms with van der Waals surface area (Å²) < 4.78 is 5.68. The van der Waals surface area contributed by atoms with E-state index in [1.54, 1.807) is 6.08 Å². The Hall–Kier alpha value is -1.12. The van der Waals surface area contributed by atoms with Crippen LogP contribution in [0.2, 0.25) is 0 Å². The van der Waals surface area contributed by atoms with Crippen LogP contribution >= 0.6 is 0 Å². The quantitative estimate of drug-likeness (QED) is 0.320. The van der Waals surface area contributed by atoms with Crippen LogP contribution < -0.4 is 0 Å². The topological polar surface area (TPSA) is 29.5 Å². The lowest BCUT2D eigenvalue weighted by atomic mass is 10.1. The van der Waals surface area contributed by atoms with Crippen molar-refractivity contribution in [2.75, 3.05) is 0 Å². The molecule has 0 spiro atoms. The van der Waals surface area contributed by atoms with Gasteiger partial charge < -0.3 is 9.84 Å². The molecule has 102 valence electrons. The molecule has 0 bridgehead atoms. The van der Waals surface area contributed by atoms with Crippen LogP contribution in [-0.2, 0) is 4.74 Å². The first kappa shape index (κ1) is 16.9. The standard InChI is InChI=1S/C16H26O2/c1-5-9-11-13-15(7-3)18-16(17,8-4)14-12-10-6-2/h5-8,15,17H,1-4,9-14H2. The maximum absolute atomic E-state index is 10.3. The van der Waals surface area contributed by atoms with Crippen molar-refractivity contribution in [3.05, 3.63) is 50.6 Å². The third-order valence-electron chi connectivity index (χ3n) is 2.78. The van der Waals surface area contributed by atoms with Crippen molar-refractivity contribution in [3.63, 3.8) is 0 Å². The Bertz CT molecular complexity index is 270. The molecule has 0 aromatic carbocycles. The summed E-state index contributed by atoms with van der Waals surface area (Å²) in [4.78, 5) is 0. The molecule has 0 amide bonds. The van der Waals surface area contributed by atoms with Crippen LogP contribution in [-0.4, -0.2) is 17.0 Å². The number of rotatable bonds is 12. The molecule has 18 heavy (non-hydrogen) atoms. The van der Waals surface area contributed by atoms with Gasteiger partial charge in [0.15, 0.2) is 5.79 Å². The van der Waals surface area contributed by atoms with E-state index in [2.05, 4.69) is 26.3 Å². The fourth-order valence-corrected chi connectivity index (χ4v) is 1.66. The van der Waals surface area contributed by atoms with Crippen LogP contribution in [0.15, 0.2) is 50.6 Å². The molecule has 2 nitrogen and oxygen atoms in total. The number of hydrogen-bond donors (Lipinski definition) is 1. The van der Waals surface area contributed by atoms with Crippen LogP contribution in [0, 0.1) is 0 Å². The summed E-state index contributed by atoms with van der Waals surface area (Å²) in [6.07, 6.45) is 11.7. The lowest BCUT2D eigenvalue weighted by molar-refractivity contribution is -0.191.